The van der Waals surface area contributed by atoms with Gasteiger partial charge in [-0.15, -0.1) is 0 Å². The molecule has 41 heavy (non-hydrogen) atoms. The molecule has 0 unspecified atom stereocenters. The molecule has 3 amide bonds. The van der Waals surface area contributed by atoms with E-state index in [1.807, 2.05) is 78.8 Å². The van der Waals surface area contributed by atoms with Crippen molar-refractivity contribution in [1.82, 2.24) is 15.1 Å². The third-order valence-corrected chi connectivity index (χ3v) is 7.15. The topological polar surface area (TPSA) is 116 Å². The highest BCUT2D eigenvalue weighted by Crippen LogP contribution is 2.32. The zero-order chi connectivity index (χ0) is 32.1. The first-order valence-electron chi connectivity index (χ1n) is 14.0. The van der Waals surface area contributed by atoms with Crippen molar-refractivity contribution in [2.24, 2.45) is 11.3 Å². The van der Waals surface area contributed by atoms with E-state index in [1.165, 1.54) is 23.8 Å². The second-order valence-electron chi connectivity index (χ2n) is 13.7. The molecule has 230 valence electrons. The first kappa shape index (κ1) is 35.7. The van der Waals surface area contributed by atoms with Crippen LogP contribution in [-0.4, -0.2) is 76.6 Å². The summed E-state index contributed by atoms with van der Waals surface area (Å²) in [5, 5.41) is 12.4. The number of ether oxygens (including phenoxy) is 1. The molecule has 1 aromatic carbocycles. The van der Waals surface area contributed by atoms with Crippen molar-refractivity contribution in [3.8, 4) is 0 Å². The molecule has 0 bridgehead atoms. The Morgan fingerprint density at radius 2 is 1.41 bits per heavy atom. The second-order valence-corrected chi connectivity index (χ2v) is 13.7. The predicted octanol–water partition coefficient (Wildman–Crippen LogP) is 5.24. The SMILES string of the molecule is CC(=C[C@H](C(C)C)N(C)C(=O)[C@@H](NC(=O)[C@@H](N(C)C(=O)OC(C)(C)C)C(C)(C)c1ccccc1)C(C)(C)C)C(=O)O. The monoisotopic (exact) mass is 573 g/mol. The lowest BCUT2D eigenvalue weighted by molar-refractivity contribution is -0.142. The Bertz CT molecular complexity index is 1110. The molecule has 0 radical (unpaired) electrons. The summed E-state index contributed by atoms with van der Waals surface area (Å²) < 4.78 is 5.61. The molecule has 1 rings (SSSR count). The van der Waals surface area contributed by atoms with E-state index >= 15 is 0 Å². The lowest BCUT2D eigenvalue weighted by Crippen LogP contribution is -2.63. The van der Waals surface area contributed by atoms with Crippen LogP contribution in [0.3, 0.4) is 0 Å². The Balaban J connectivity index is 3.59. The number of benzene rings is 1. The highest BCUT2D eigenvalue weighted by Gasteiger charge is 2.45. The molecule has 0 saturated heterocycles. The summed E-state index contributed by atoms with van der Waals surface area (Å²) in [6.45, 7) is 19.9. The maximum Gasteiger partial charge on any atom is 0.410 e. The van der Waals surface area contributed by atoms with Crippen LogP contribution in [0.1, 0.15) is 81.7 Å². The van der Waals surface area contributed by atoms with Crippen LogP contribution in [0, 0.1) is 11.3 Å². The minimum atomic E-state index is -1.06. The highest BCUT2D eigenvalue weighted by atomic mass is 16.6. The van der Waals surface area contributed by atoms with Crippen molar-refractivity contribution >= 4 is 23.9 Å². The first-order valence-corrected chi connectivity index (χ1v) is 14.0. The number of carbonyl (C=O) groups excluding carboxylic acids is 3. The largest absolute Gasteiger partial charge is 0.478 e. The summed E-state index contributed by atoms with van der Waals surface area (Å²) in [5.41, 5.74) is -1.39. The summed E-state index contributed by atoms with van der Waals surface area (Å²) in [5.74, 6) is -2.02. The molecule has 0 aliphatic rings. The maximum absolute atomic E-state index is 14.2. The maximum atomic E-state index is 14.2. The third kappa shape index (κ3) is 9.61. The molecule has 1 aromatic rings. The Hall–Kier alpha value is -3.36. The number of rotatable bonds is 10. The average Bonchev–Trinajstić information content (AvgIpc) is 2.83. The van der Waals surface area contributed by atoms with Gasteiger partial charge < -0.3 is 20.1 Å². The van der Waals surface area contributed by atoms with Gasteiger partial charge in [0.1, 0.15) is 17.7 Å². The number of hydrogen-bond donors (Lipinski definition) is 2. The fourth-order valence-electron chi connectivity index (χ4n) is 4.75. The number of hydrogen-bond acceptors (Lipinski definition) is 5. The molecule has 0 aliphatic heterocycles. The summed E-state index contributed by atoms with van der Waals surface area (Å²) in [6, 6.07) is 6.90. The van der Waals surface area contributed by atoms with Gasteiger partial charge >= 0.3 is 12.1 Å². The summed E-state index contributed by atoms with van der Waals surface area (Å²) in [7, 11) is 3.14. The van der Waals surface area contributed by atoms with Crippen molar-refractivity contribution in [1.29, 1.82) is 0 Å². The van der Waals surface area contributed by atoms with E-state index in [4.69, 9.17) is 4.74 Å². The molecule has 9 heteroatoms. The van der Waals surface area contributed by atoms with Crippen molar-refractivity contribution in [3.05, 3.63) is 47.5 Å². The van der Waals surface area contributed by atoms with Crippen LogP contribution in [0.2, 0.25) is 0 Å². The summed E-state index contributed by atoms with van der Waals surface area (Å²) in [4.78, 5) is 55.7. The van der Waals surface area contributed by atoms with Crippen molar-refractivity contribution in [3.63, 3.8) is 0 Å². The van der Waals surface area contributed by atoms with Crippen LogP contribution in [0.5, 0.6) is 0 Å². The molecule has 0 aromatic heterocycles. The molecular weight excluding hydrogens is 522 g/mol. The fourth-order valence-corrected chi connectivity index (χ4v) is 4.75. The molecule has 2 N–H and O–H groups in total. The predicted molar refractivity (Wildman–Crippen MR) is 161 cm³/mol. The first-order chi connectivity index (χ1) is 18.5. The number of nitrogens with zero attached hydrogens (tertiary/aromatic N) is 2. The standard InChI is InChI=1S/C32H51N3O6/c1-20(2)23(19-21(3)28(38)39)34(12)27(37)24(30(4,5)6)33-26(36)25(35(13)29(40)41-31(7,8)9)32(10,11)22-17-15-14-16-18-22/h14-20,23-25H,1-13H3,(H,33,36)(H,38,39)/t23-,24-,25-/m1/s1. The van der Waals surface area contributed by atoms with E-state index < -0.39 is 52.5 Å². The van der Waals surface area contributed by atoms with Gasteiger partial charge in [0, 0.05) is 25.1 Å². The zero-order valence-corrected chi connectivity index (χ0v) is 27.2. The number of carboxylic acids is 1. The van der Waals surface area contributed by atoms with Crippen LogP contribution in [0.4, 0.5) is 4.79 Å². The minimum Gasteiger partial charge on any atom is -0.478 e. The fraction of sp³-hybridized carbons (Fsp3) is 0.625. The van der Waals surface area contributed by atoms with E-state index in [2.05, 4.69) is 5.32 Å². The number of amides is 3. The van der Waals surface area contributed by atoms with Crippen molar-refractivity contribution in [2.45, 2.75) is 105 Å². The number of carbonyl (C=O) groups is 4. The molecule has 0 heterocycles. The second kappa shape index (κ2) is 13.5. The zero-order valence-electron chi connectivity index (χ0n) is 27.2. The lowest BCUT2D eigenvalue weighted by Gasteiger charge is -2.42. The van der Waals surface area contributed by atoms with E-state index in [-0.39, 0.29) is 17.4 Å². The van der Waals surface area contributed by atoms with Crippen LogP contribution in [0.25, 0.3) is 0 Å². The normalized spacial score (nSPS) is 15.0. The summed E-state index contributed by atoms with van der Waals surface area (Å²) in [6.07, 6.45) is 0.899. The van der Waals surface area contributed by atoms with E-state index in [1.54, 1.807) is 33.9 Å². The number of likely N-dealkylation sites (N-methyl/N-ethyl adjacent to an activating group) is 2. The van der Waals surface area contributed by atoms with Crippen molar-refractivity contribution < 1.29 is 29.0 Å². The quantitative estimate of drug-likeness (QED) is 0.370. The third-order valence-electron chi connectivity index (χ3n) is 7.15. The van der Waals surface area contributed by atoms with E-state index in [0.717, 1.165) is 5.56 Å². The molecule has 3 atom stereocenters. The molecule has 9 nitrogen and oxygen atoms in total. The smallest absolute Gasteiger partial charge is 0.410 e. The molecular formula is C32H51N3O6. The lowest BCUT2D eigenvalue weighted by atomic mass is 9.76. The Kier molecular flexibility index (Phi) is 11.8. The minimum absolute atomic E-state index is 0.0855. The molecule has 0 saturated carbocycles. The van der Waals surface area contributed by atoms with E-state index in [0.29, 0.717) is 0 Å². The number of aliphatic carboxylic acids is 1. The Labute approximate surface area is 246 Å². The van der Waals surface area contributed by atoms with Crippen LogP contribution in [-0.2, 0) is 24.5 Å². The van der Waals surface area contributed by atoms with Gasteiger partial charge in [-0.2, -0.15) is 0 Å². The van der Waals surface area contributed by atoms with Gasteiger partial charge in [-0.3, -0.25) is 14.5 Å². The van der Waals surface area contributed by atoms with Gasteiger partial charge in [0.25, 0.3) is 0 Å². The van der Waals surface area contributed by atoms with Gasteiger partial charge in [0.05, 0.1) is 6.04 Å². The van der Waals surface area contributed by atoms with Crippen LogP contribution < -0.4 is 5.32 Å². The number of carboxylic acid groups (broad SMARTS) is 1. The Morgan fingerprint density at radius 3 is 1.83 bits per heavy atom. The average molecular weight is 574 g/mol. The molecule has 0 fully saturated rings. The van der Waals surface area contributed by atoms with Gasteiger partial charge in [0.15, 0.2) is 0 Å². The Morgan fingerprint density at radius 1 is 0.902 bits per heavy atom. The van der Waals surface area contributed by atoms with Crippen molar-refractivity contribution in [2.75, 3.05) is 14.1 Å². The summed E-state index contributed by atoms with van der Waals surface area (Å²) >= 11 is 0. The molecule has 0 spiro atoms. The van der Waals surface area contributed by atoms with Gasteiger partial charge in [-0.25, -0.2) is 9.59 Å². The number of nitrogens with one attached hydrogen (secondary N) is 1. The van der Waals surface area contributed by atoms with Gasteiger partial charge in [-0.05, 0) is 44.6 Å². The van der Waals surface area contributed by atoms with Crippen LogP contribution >= 0.6 is 0 Å². The van der Waals surface area contributed by atoms with E-state index in [9.17, 15) is 24.3 Å². The van der Waals surface area contributed by atoms with Crippen LogP contribution in [0.15, 0.2) is 42.0 Å². The highest BCUT2D eigenvalue weighted by molar-refractivity contribution is 5.93. The van der Waals surface area contributed by atoms with Gasteiger partial charge in [0.2, 0.25) is 11.8 Å². The van der Waals surface area contributed by atoms with Gasteiger partial charge in [-0.1, -0.05) is 84.9 Å². The molecule has 0 aliphatic carbocycles.